The van der Waals surface area contributed by atoms with Gasteiger partial charge in [0.2, 0.25) is 5.91 Å². The fourth-order valence-electron chi connectivity index (χ4n) is 9.21. The van der Waals surface area contributed by atoms with Crippen LogP contribution in [0.25, 0.3) is 0 Å². The fourth-order valence-corrected chi connectivity index (χ4v) is 9.21. The van der Waals surface area contributed by atoms with Gasteiger partial charge in [-0.3, -0.25) is 9.59 Å². The minimum absolute atomic E-state index is 0.00638. The number of hydrogen-bond acceptors (Lipinski definition) is 5. The molecule has 0 fully saturated rings. The van der Waals surface area contributed by atoms with Gasteiger partial charge in [0.15, 0.2) is 0 Å². The molecule has 2 atom stereocenters. The molecule has 68 heavy (non-hydrogen) atoms. The summed E-state index contributed by atoms with van der Waals surface area (Å²) >= 11 is 0. The first kappa shape index (κ1) is 66.1. The second-order valence-corrected chi connectivity index (χ2v) is 20.7. The van der Waals surface area contributed by atoms with Crippen LogP contribution in [0.5, 0.6) is 0 Å². The van der Waals surface area contributed by atoms with E-state index in [4.69, 9.17) is 4.74 Å². The Kier molecular flexibility index (Phi) is 56.0. The van der Waals surface area contributed by atoms with Crippen LogP contribution in [0.3, 0.4) is 0 Å². The van der Waals surface area contributed by atoms with Crippen LogP contribution in [0.4, 0.5) is 0 Å². The zero-order chi connectivity index (χ0) is 49.3. The Hall–Kier alpha value is -1.92. The number of aliphatic hydroxyl groups excluding tert-OH is 2. The molecular weight excluding hydrogens is 839 g/mol. The van der Waals surface area contributed by atoms with Gasteiger partial charge in [-0.25, -0.2) is 0 Å². The van der Waals surface area contributed by atoms with E-state index in [9.17, 15) is 19.8 Å². The highest BCUT2D eigenvalue weighted by Gasteiger charge is 2.18. The van der Waals surface area contributed by atoms with Crippen molar-refractivity contribution in [1.29, 1.82) is 0 Å². The minimum atomic E-state index is -0.854. The molecule has 6 nitrogen and oxygen atoms in total. The lowest BCUT2D eigenvalue weighted by molar-refractivity contribution is -0.143. The number of rotatable bonds is 56. The van der Waals surface area contributed by atoms with Crippen LogP contribution in [0.2, 0.25) is 0 Å². The Morgan fingerprint density at radius 2 is 0.691 bits per heavy atom. The minimum Gasteiger partial charge on any atom is -0.466 e. The lowest BCUT2D eigenvalue weighted by Gasteiger charge is -2.20. The number of esters is 1. The van der Waals surface area contributed by atoms with Gasteiger partial charge in [0.25, 0.3) is 0 Å². The number of hydrogen-bond donors (Lipinski definition) is 3. The second-order valence-electron chi connectivity index (χ2n) is 20.7. The standard InChI is InChI=1S/C62H117NO5/c1-3-5-7-9-11-13-15-17-19-20-21-24-27-30-34-38-42-46-50-54-60(65)59(58-64)63-61(66)55-51-47-43-39-35-31-28-25-22-23-26-29-33-37-41-45-49-53-57-68-62(67)56-52-48-44-40-36-32-18-16-14-12-10-8-6-4-2/h16,18,25,28,50,54,59-60,64-65H,3-15,17,19-24,26-27,29-49,51-53,55-58H2,1-2H3,(H,63,66)/b18-16-,28-25-,54-50+. The van der Waals surface area contributed by atoms with Gasteiger partial charge in [-0.15, -0.1) is 0 Å². The van der Waals surface area contributed by atoms with E-state index in [0.29, 0.717) is 19.4 Å². The average Bonchev–Trinajstić information content (AvgIpc) is 3.34. The number of amides is 1. The van der Waals surface area contributed by atoms with Crippen LogP contribution in [-0.4, -0.2) is 47.4 Å². The van der Waals surface area contributed by atoms with Crippen molar-refractivity contribution in [2.75, 3.05) is 13.2 Å². The normalized spacial score (nSPS) is 12.8. The number of unbranched alkanes of at least 4 members (excludes halogenated alkanes) is 41. The molecule has 1 amide bonds. The monoisotopic (exact) mass is 956 g/mol. The van der Waals surface area contributed by atoms with E-state index in [1.165, 1.54) is 231 Å². The lowest BCUT2D eigenvalue weighted by Crippen LogP contribution is -2.45. The van der Waals surface area contributed by atoms with Crippen molar-refractivity contribution in [2.45, 2.75) is 334 Å². The third-order valence-corrected chi connectivity index (χ3v) is 13.9. The summed E-state index contributed by atoms with van der Waals surface area (Å²) in [4.78, 5) is 24.5. The Bertz CT molecular complexity index is 1100. The lowest BCUT2D eigenvalue weighted by atomic mass is 10.0. The van der Waals surface area contributed by atoms with E-state index in [1.54, 1.807) is 6.08 Å². The highest BCUT2D eigenvalue weighted by Crippen LogP contribution is 2.16. The molecule has 0 aliphatic rings. The summed E-state index contributed by atoms with van der Waals surface area (Å²) in [6, 6.07) is -0.639. The Balaban J connectivity index is 3.49. The summed E-state index contributed by atoms with van der Waals surface area (Å²) < 4.78 is 5.47. The quantitative estimate of drug-likeness (QED) is 0.0321. The van der Waals surface area contributed by atoms with Gasteiger partial charge < -0.3 is 20.3 Å². The smallest absolute Gasteiger partial charge is 0.305 e. The van der Waals surface area contributed by atoms with Crippen LogP contribution in [-0.2, 0) is 14.3 Å². The molecule has 0 aromatic heterocycles. The largest absolute Gasteiger partial charge is 0.466 e. The number of carbonyl (C=O) groups is 2. The van der Waals surface area contributed by atoms with Crippen molar-refractivity contribution in [1.82, 2.24) is 5.32 Å². The Morgan fingerprint density at radius 3 is 1.04 bits per heavy atom. The number of allylic oxidation sites excluding steroid dienone is 5. The van der Waals surface area contributed by atoms with Crippen LogP contribution in [0.15, 0.2) is 36.5 Å². The summed E-state index contributed by atoms with van der Waals surface area (Å²) in [5.41, 5.74) is 0. The summed E-state index contributed by atoms with van der Waals surface area (Å²) in [5.74, 6) is -0.0870. The predicted molar refractivity (Wildman–Crippen MR) is 296 cm³/mol. The molecule has 0 spiro atoms. The van der Waals surface area contributed by atoms with Gasteiger partial charge in [-0.2, -0.15) is 0 Å². The van der Waals surface area contributed by atoms with Crippen molar-refractivity contribution in [2.24, 2.45) is 0 Å². The van der Waals surface area contributed by atoms with Gasteiger partial charge in [-0.1, -0.05) is 262 Å². The first-order valence-corrected chi connectivity index (χ1v) is 30.3. The predicted octanol–water partition coefficient (Wildman–Crippen LogP) is 18.8. The van der Waals surface area contributed by atoms with Crippen LogP contribution in [0, 0.1) is 0 Å². The van der Waals surface area contributed by atoms with Crippen molar-refractivity contribution in [3.8, 4) is 0 Å². The summed E-state index contributed by atoms with van der Waals surface area (Å²) in [7, 11) is 0. The maximum absolute atomic E-state index is 12.5. The summed E-state index contributed by atoms with van der Waals surface area (Å²) in [6.45, 7) is 4.89. The summed E-state index contributed by atoms with van der Waals surface area (Å²) in [5, 5.41) is 23.2. The highest BCUT2D eigenvalue weighted by molar-refractivity contribution is 5.76. The molecule has 3 N–H and O–H groups in total. The molecule has 0 aliphatic carbocycles. The molecule has 0 radical (unpaired) electrons. The SMILES string of the molecule is CCCCCCC/C=C\CCCCCCCC(=O)OCCCCCCCCCCC/C=C\CCCCCCCC(=O)NC(CO)C(O)/C=C/CCCCCCCCCCCCCCCCCCC. The molecule has 0 bridgehead atoms. The van der Waals surface area contributed by atoms with Gasteiger partial charge >= 0.3 is 5.97 Å². The third-order valence-electron chi connectivity index (χ3n) is 13.9. The van der Waals surface area contributed by atoms with Gasteiger partial charge in [0.1, 0.15) is 0 Å². The van der Waals surface area contributed by atoms with Crippen LogP contribution < -0.4 is 5.32 Å². The second kappa shape index (κ2) is 57.7. The van der Waals surface area contributed by atoms with Crippen molar-refractivity contribution >= 4 is 11.9 Å². The van der Waals surface area contributed by atoms with E-state index in [-0.39, 0.29) is 18.5 Å². The zero-order valence-corrected chi connectivity index (χ0v) is 45.6. The van der Waals surface area contributed by atoms with Crippen LogP contribution in [0.1, 0.15) is 322 Å². The molecule has 0 heterocycles. The number of carbonyl (C=O) groups excluding carboxylic acids is 2. The summed E-state index contributed by atoms with van der Waals surface area (Å²) in [6.07, 6.45) is 71.7. The molecule has 0 saturated carbocycles. The molecule has 400 valence electrons. The molecule has 6 heteroatoms. The maximum Gasteiger partial charge on any atom is 0.305 e. The van der Waals surface area contributed by atoms with E-state index >= 15 is 0 Å². The van der Waals surface area contributed by atoms with Crippen molar-refractivity contribution < 1.29 is 24.5 Å². The molecular formula is C62H117NO5. The Labute approximate surface area is 424 Å². The van der Waals surface area contributed by atoms with E-state index < -0.39 is 12.1 Å². The van der Waals surface area contributed by atoms with Crippen molar-refractivity contribution in [3.63, 3.8) is 0 Å². The first-order valence-electron chi connectivity index (χ1n) is 30.3. The molecule has 0 aliphatic heterocycles. The van der Waals surface area contributed by atoms with Crippen molar-refractivity contribution in [3.05, 3.63) is 36.5 Å². The number of nitrogens with one attached hydrogen (secondary N) is 1. The zero-order valence-electron chi connectivity index (χ0n) is 45.6. The molecule has 0 aromatic rings. The van der Waals surface area contributed by atoms with Gasteiger partial charge in [-0.05, 0) is 83.5 Å². The van der Waals surface area contributed by atoms with E-state index in [0.717, 1.165) is 64.2 Å². The third kappa shape index (κ3) is 53.4. The van der Waals surface area contributed by atoms with Gasteiger partial charge in [0, 0.05) is 12.8 Å². The fraction of sp³-hybridized carbons (Fsp3) is 0.871. The molecule has 2 unspecified atom stereocenters. The van der Waals surface area contributed by atoms with Gasteiger partial charge in [0.05, 0.1) is 25.4 Å². The molecule has 0 rings (SSSR count). The number of aliphatic hydroxyl groups is 2. The average molecular weight is 957 g/mol. The van der Waals surface area contributed by atoms with E-state index in [2.05, 4.69) is 43.5 Å². The van der Waals surface area contributed by atoms with E-state index in [1.807, 2.05) is 6.08 Å². The maximum atomic E-state index is 12.5. The first-order chi connectivity index (χ1) is 33.5. The molecule has 0 saturated heterocycles. The molecule has 0 aromatic carbocycles. The Morgan fingerprint density at radius 1 is 0.397 bits per heavy atom. The number of ether oxygens (including phenoxy) is 1. The highest BCUT2D eigenvalue weighted by atomic mass is 16.5. The van der Waals surface area contributed by atoms with Crippen LogP contribution >= 0.6 is 0 Å². The topological polar surface area (TPSA) is 95.9 Å².